The number of aromatic nitrogens is 4. The van der Waals surface area contributed by atoms with Gasteiger partial charge in [0.2, 0.25) is 0 Å². The number of hydrogen-bond acceptors (Lipinski definition) is 6. The van der Waals surface area contributed by atoms with Crippen molar-refractivity contribution in [3.05, 3.63) is 45.7 Å². The number of benzene rings is 1. The maximum atomic E-state index is 14.0. The molecular formula is C27H33Cl2FN6O2. The summed E-state index contributed by atoms with van der Waals surface area (Å²) < 4.78 is 15.9. The second-order valence-corrected chi connectivity index (χ2v) is 11.5. The van der Waals surface area contributed by atoms with Gasteiger partial charge >= 0.3 is 5.97 Å². The number of carboxylic acids is 1. The number of carboxylic acid groups (broad SMARTS) is 1. The van der Waals surface area contributed by atoms with Crippen molar-refractivity contribution in [1.29, 1.82) is 0 Å². The molecule has 2 aliphatic heterocycles. The van der Waals surface area contributed by atoms with Crippen molar-refractivity contribution >= 4 is 46.2 Å². The number of aryl methyl sites for hydroxylation is 1. The number of nitrogens with zero attached hydrogens (tertiary/aromatic N) is 6. The molecular weight excluding hydrogens is 530 g/mol. The van der Waals surface area contributed by atoms with Crippen molar-refractivity contribution in [2.75, 3.05) is 24.5 Å². The lowest BCUT2D eigenvalue weighted by molar-refractivity contribution is -0.143. The number of alkyl halides is 1. The zero-order valence-corrected chi connectivity index (χ0v) is 23.3. The fraction of sp³-hybridized carbons (Fsp3) is 0.556. The molecule has 0 radical (unpaired) electrons. The van der Waals surface area contributed by atoms with Crippen LogP contribution < -0.4 is 4.90 Å². The molecule has 11 heteroatoms. The standard InChI is InChI=1S/C27H33Cl2FN6O2/c1-15-14-34(10-8-23(15)35-9-4-5-19(35)12-22(30)27(37)38)24-13-31-25-16(2)33-36(26(25)32-24)17(3)20-7-6-18(28)11-21(20)29/h6-7,11,13,15,17,19,22-23H,4-5,8-10,12,14H2,1-3H3,(H,37,38)/t15?,17-,19?,22?,23?/m1/s1. The van der Waals surface area contributed by atoms with Gasteiger partial charge in [0, 0.05) is 41.6 Å². The Morgan fingerprint density at radius 2 is 2.05 bits per heavy atom. The molecule has 2 saturated heterocycles. The minimum absolute atomic E-state index is 0.0188. The van der Waals surface area contributed by atoms with Crippen LogP contribution >= 0.6 is 23.2 Å². The normalized spacial score (nSPS) is 24.2. The van der Waals surface area contributed by atoms with Crippen molar-refractivity contribution in [3.8, 4) is 0 Å². The predicted molar refractivity (Wildman–Crippen MR) is 147 cm³/mol. The van der Waals surface area contributed by atoms with Crippen molar-refractivity contribution in [2.24, 2.45) is 5.92 Å². The number of rotatable bonds is 7. The van der Waals surface area contributed by atoms with Crippen LogP contribution in [-0.2, 0) is 4.79 Å². The monoisotopic (exact) mass is 562 g/mol. The molecule has 1 aromatic carbocycles. The molecule has 4 heterocycles. The Morgan fingerprint density at radius 3 is 2.76 bits per heavy atom. The smallest absolute Gasteiger partial charge is 0.338 e. The van der Waals surface area contributed by atoms with Crippen LogP contribution in [0.4, 0.5) is 10.2 Å². The molecule has 0 spiro atoms. The molecule has 8 nitrogen and oxygen atoms in total. The first-order valence-electron chi connectivity index (χ1n) is 13.2. The van der Waals surface area contributed by atoms with Crippen LogP contribution in [0.15, 0.2) is 24.4 Å². The maximum absolute atomic E-state index is 14.0. The van der Waals surface area contributed by atoms with Crippen LogP contribution in [-0.4, -0.2) is 73.6 Å². The van der Waals surface area contributed by atoms with Crippen molar-refractivity contribution in [2.45, 2.75) is 70.8 Å². The van der Waals surface area contributed by atoms with E-state index in [2.05, 4.69) is 16.7 Å². The lowest BCUT2D eigenvalue weighted by Gasteiger charge is -2.44. The summed E-state index contributed by atoms with van der Waals surface area (Å²) in [4.78, 5) is 25.4. The van der Waals surface area contributed by atoms with E-state index in [1.54, 1.807) is 6.07 Å². The van der Waals surface area contributed by atoms with E-state index in [9.17, 15) is 9.18 Å². The summed E-state index contributed by atoms with van der Waals surface area (Å²) >= 11 is 12.6. The summed E-state index contributed by atoms with van der Waals surface area (Å²) in [6.07, 6.45) is 2.79. The molecule has 3 aromatic rings. The zero-order valence-electron chi connectivity index (χ0n) is 21.8. The van der Waals surface area contributed by atoms with E-state index in [-0.39, 0.29) is 24.5 Å². The molecule has 2 fully saturated rings. The Kier molecular flexibility index (Phi) is 7.80. The van der Waals surface area contributed by atoms with Gasteiger partial charge in [-0.05, 0) is 63.3 Å². The van der Waals surface area contributed by atoms with Crippen molar-refractivity contribution in [1.82, 2.24) is 24.6 Å². The van der Waals surface area contributed by atoms with E-state index >= 15 is 0 Å². The van der Waals surface area contributed by atoms with Crippen LogP contribution in [0, 0.1) is 12.8 Å². The molecule has 0 bridgehead atoms. The summed E-state index contributed by atoms with van der Waals surface area (Å²) in [5.41, 5.74) is 3.17. The average Bonchev–Trinajstić information content (AvgIpc) is 3.47. The van der Waals surface area contributed by atoms with E-state index < -0.39 is 12.1 Å². The lowest BCUT2D eigenvalue weighted by atomic mass is 9.91. The van der Waals surface area contributed by atoms with Gasteiger partial charge < -0.3 is 10.0 Å². The number of aliphatic carboxylic acids is 1. The first-order chi connectivity index (χ1) is 18.1. The van der Waals surface area contributed by atoms with E-state index in [0.29, 0.717) is 21.6 Å². The van der Waals surface area contributed by atoms with Gasteiger partial charge in [-0.2, -0.15) is 5.10 Å². The molecule has 1 N–H and O–H groups in total. The highest BCUT2D eigenvalue weighted by Crippen LogP contribution is 2.34. The van der Waals surface area contributed by atoms with Gasteiger partial charge in [-0.1, -0.05) is 36.2 Å². The molecule has 2 aliphatic rings. The molecule has 5 rings (SSSR count). The minimum Gasteiger partial charge on any atom is -0.479 e. The Morgan fingerprint density at radius 1 is 1.26 bits per heavy atom. The molecule has 0 aliphatic carbocycles. The number of anilines is 1. The molecule has 5 atom stereocenters. The first kappa shape index (κ1) is 27.1. The van der Waals surface area contributed by atoms with Crippen LogP contribution in [0.5, 0.6) is 0 Å². The van der Waals surface area contributed by atoms with Gasteiger partial charge in [-0.25, -0.2) is 23.8 Å². The molecule has 0 saturated carbocycles. The number of piperidine rings is 1. The molecule has 38 heavy (non-hydrogen) atoms. The van der Waals surface area contributed by atoms with Gasteiger partial charge in [0.25, 0.3) is 0 Å². The quantitative estimate of drug-likeness (QED) is 0.404. The summed E-state index contributed by atoms with van der Waals surface area (Å²) in [5.74, 6) is -0.259. The van der Waals surface area contributed by atoms with Crippen LogP contribution in [0.25, 0.3) is 11.2 Å². The lowest BCUT2D eigenvalue weighted by Crippen LogP contribution is -2.52. The largest absolute Gasteiger partial charge is 0.479 e. The highest BCUT2D eigenvalue weighted by molar-refractivity contribution is 6.35. The topological polar surface area (TPSA) is 87.4 Å². The molecule has 204 valence electrons. The average molecular weight is 564 g/mol. The predicted octanol–water partition coefficient (Wildman–Crippen LogP) is 5.54. The SMILES string of the molecule is Cc1nn([C@H](C)c2ccc(Cl)cc2Cl)c2nc(N3CCC(N4CCCC4CC(F)C(=O)O)C(C)C3)cnc12. The zero-order chi connectivity index (χ0) is 27.1. The van der Waals surface area contributed by atoms with E-state index in [4.69, 9.17) is 43.4 Å². The molecule has 4 unspecified atom stereocenters. The number of carbonyl (C=O) groups is 1. The minimum atomic E-state index is -1.81. The van der Waals surface area contributed by atoms with Gasteiger partial charge in [-0.15, -0.1) is 0 Å². The second-order valence-electron chi connectivity index (χ2n) is 10.6. The van der Waals surface area contributed by atoms with Crippen molar-refractivity contribution in [3.63, 3.8) is 0 Å². The highest BCUT2D eigenvalue weighted by Gasteiger charge is 2.38. The summed E-state index contributed by atoms with van der Waals surface area (Å²) in [7, 11) is 0. The Balaban J connectivity index is 1.35. The third-order valence-electron chi connectivity index (χ3n) is 8.12. The third-order valence-corrected chi connectivity index (χ3v) is 8.68. The molecule has 2 aromatic heterocycles. The van der Waals surface area contributed by atoms with E-state index in [1.165, 1.54) is 0 Å². The first-order valence-corrected chi connectivity index (χ1v) is 13.9. The third kappa shape index (κ3) is 5.20. The van der Waals surface area contributed by atoms with Crippen LogP contribution in [0.3, 0.4) is 0 Å². The number of likely N-dealkylation sites (tertiary alicyclic amines) is 1. The second kappa shape index (κ2) is 10.9. The number of fused-ring (bicyclic) bond motifs is 1. The van der Waals surface area contributed by atoms with Gasteiger partial charge in [0.05, 0.1) is 17.9 Å². The fourth-order valence-electron chi connectivity index (χ4n) is 6.16. The van der Waals surface area contributed by atoms with Crippen molar-refractivity contribution < 1.29 is 14.3 Å². The summed E-state index contributed by atoms with van der Waals surface area (Å²) in [6.45, 7) is 8.64. The van der Waals surface area contributed by atoms with Crippen LogP contribution in [0.2, 0.25) is 10.0 Å². The molecule has 0 amide bonds. The van der Waals surface area contributed by atoms with Crippen LogP contribution in [0.1, 0.15) is 56.8 Å². The maximum Gasteiger partial charge on any atom is 0.338 e. The van der Waals surface area contributed by atoms with Gasteiger partial charge in [0.1, 0.15) is 11.3 Å². The van der Waals surface area contributed by atoms with Gasteiger partial charge in [-0.3, -0.25) is 4.90 Å². The Hall–Kier alpha value is -2.49. The fourth-order valence-corrected chi connectivity index (χ4v) is 6.72. The summed E-state index contributed by atoms with van der Waals surface area (Å²) in [6, 6.07) is 5.57. The highest BCUT2D eigenvalue weighted by atomic mass is 35.5. The number of halogens is 3. The van der Waals surface area contributed by atoms with E-state index in [1.807, 2.05) is 36.9 Å². The van der Waals surface area contributed by atoms with Gasteiger partial charge in [0.15, 0.2) is 11.8 Å². The van der Waals surface area contributed by atoms with E-state index in [0.717, 1.165) is 61.5 Å². The Bertz CT molecular complexity index is 1340. The number of hydrogen-bond donors (Lipinski definition) is 1. The Labute approximate surface area is 231 Å². The summed E-state index contributed by atoms with van der Waals surface area (Å²) in [5, 5.41) is 14.9.